The zero-order chi connectivity index (χ0) is 39.6. The third-order valence-corrected chi connectivity index (χ3v) is 11.4. The van der Waals surface area contributed by atoms with Crippen molar-refractivity contribution in [3.05, 3.63) is 202 Å². The van der Waals surface area contributed by atoms with Gasteiger partial charge in [0.2, 0.25) is 0 Å². The molecule has 2 unspecified atom stereocenters. The summed E-state index contributed by atoms with van der Waals surface area (Å²) < 4.78 is 2.92. The Morgan fingerprint density at radius 2 is 0.768 bits per heavy atom. The third-order valence-electron chi connectivity index (χ3n) is 9.98. The van der Waals surface area contributed by atoms with Crippen molar-refractivity contribution in [3.8, 4) is 0 Å². The van der Waals surface area contributed by atoms with Crippen molar-refractivity contribution in [1.29, 1.82) is 0 Å². The summed E-state index contributed by atoms with van der Waals surface area (Å²) in [5.41, 5.74) is 11.2. The number of rotatable bonds is 2. The van der Waals surface area contributed by atoms with E-state index in [-0.39, 0.29) is 24.8 Å². The number of hydrogen-bond acceptors (Lipinski definition) is 0. The predicted molar refractivity (Wildman–Crippen MR) is 231 cm³/mol. The average molecular weight is 934 g/mol. The van der Waals surface area contributed by atoms with Gasteiger partial charge in [0.15, 0.2) is 0 Å². The van der Waals surface area contributed by atoms with Gasteiger partial charge in [-0.3, -0.25) is 12.2 Å². The van der Waals surface area contributed by atoms with Crippen LogP contribution < -0.4 is 24.8 Å². The molecule has 2 aliphatic carbocycles. The Hall–Kier alpha value is -2.85. The summed E-state index contributed by atoms with van der Waals surface area (Å²) in [4.78, 5) is 0. The van der Waals surface area contributed by atoms with Crippen molar-refractivity contribution < 1.29 is 73.3 Å². The van der Waals surface area contributed by atoms with Crippen LogP contribution in [0.2, 0.25) is 0 Å². The van der Waals surface area contributed by atoms with E-state index in [9.17, 15) is 0 Å². The molecule has 4 heteroatoms. The molecule has 6 aromatic carbocycles. The number of hydrogen-bond donors (Lipinski definition) is 0. The molecule has 0 N–H and O–H groups in total. The smallest absolute Gasteiger partial charge is 0.0809 e. The minimum Gasteiger partial charge on any atom is -1.00 e. The second kappa shape index (κ2) is 26.9. The van der Waals surface area contributed by atoms with E-state index >= 15 is 0 Å². The van der Waals surface area contributed by atoms with Crippen LogP contribution in [0.3, 0.4) is 0 Å². The Morgan fingerprint density at radius 3 is 0.982 bits per heavy atom. The van der Waals surface area contributed by atoms with Crippen LogP contribution in [0.1, 0.15) is 80.4 Å². The summed E-state index contributed by atoms with van der Waals surface area (Å²) >= 11 is 3.01. The molecule has 0 aliphatic heterocycles. The molecule has 2 aliphatic rings. The zero-order valence-corrected chi connectivity index (χ0v) is 41.2. The SMILES string of the molecule is CC1=[C-]C(C)C(C)=C1C.CC1=[C-]C(C)C(C)=C1C.C[C](=[Zr+2])c1ccccc1.C[C](=[Zr+2])c1ccccc1.[Cl-].[Cl-].c1ccc2[cH-]ccc2c1.c1ccc2[cH-]ccc2c1. The Bertz CT molecular complexity index is 1990. The molecule has 0 spiro atoms. The van der Waals surface area contributed by atoms with Gasteiger partial charge in [-0.05, 0) is 0 Å². The monoisotopic (exact) mass is 930 g/mol. The molecule has 0 nitrogen and oxygen atoms in total. The molecule has 288 valence electrons. The van der Waals surface area contributed by atoms with Crippen LogP contribution in [0.15, 0.2) is 179 Å². The van der Waals surface area contributed by atoms with Gasteiger partial charge in [-0.1, -0.05) is 65.5 Å². The van der Waals surface area contributed by atoms with Gasteiger partial charge in [-0.25, -0.2) is 11.1 Å². The summed E-state index contributed by atoms with van der Waals surface area (Å²) in [5.74, 6) is 1.12. The molecule has 6 aromatic rings. The molecule has 8 rings (SSSR count). The first kappa shape index (κ1) is 51.2. The van der Waals surface area contributed by atoms with Crippen LogP contribution in [-0.2, 0) is 48.5 Å². The molecule has 0 saturated carbocycles. The molecule has 2 atom stereocenters. The van der Waals surface area contributed by atoms with E-state index in [1.807, 2.05) is 12.1 Å². The fraction of sp³-hybridized carbons (Fsp3) is 0.231. The van der Waals surface area contributed by atoms with E-state index in [4.69, 9.17) is 0 Å². The molecular weight excluding hydrogens is 878 g/mol. The van der Waals surface area contributed by atoms with Gasteiger partial charge in [0.05, 0.1) is 0 Å². The quantitative estimate of drug-likeness (QED) is 0.154. The first-order chi connectivity index (χ1) is 25.8. The van der Waals surface area contributed by atoms with Crippen LogP contribution in [0.5, 0.6) is 0 Å². The Balaban J connectivity index is 0.000000334. The van der Waals surface area contributed by atoms with Crippen LogP contribution in [0, 0.1) is 24.0 Å². The summed E-state index contributed by atoms with van der Waals surface area (Å²) in [6.45, 7) is 21.7. The number of allylic oxidation sites excluding steroid dienone is 8. The van der Waals surface area contributed by atoms with Crippen molar-refractivity contribution in [2.24, 2.45) is 11.8 Å². The zero-order valence-electron chi connectivity index (χ0n) is 34.8. The van der Waals surface area contributed by atoms with Crippen LogP contribution in [-0.4, -0.2) is 6.41 Å². The molecule has 0 aromatic heterocycles. The van der Waals surface area contributed by atoms with Crippen LogP contribution >= 0.6 is 0 Å². The molecule has 56 heavy (non-hydrogen) atoms. The van der Waals surface area contributed by atoms with Gasteiger partial charge in [0, 0.05) is 0 Å². The Morgan fingerprint density at radius 1 is 0.464 bits per heavy atom. The largest absolute Gasteiger partial charge is 1.00 e. The minimum absolute atomic E-state index is 0. The van der Waals surface area contributed by atoms with E-state index < -0.39 is 0 Å². The maximum atomic E-state index is 3.36. The Labute approximate surface area is 381 Å². The van der Waals surface area contributed by atoms with E-state index in [2.05, 4.69) is 215 Å². The number of fused-ring (bicyclic) bond motifs is 2. The van der Waals surface area contributed by atoms with Crippen molar-refractivity contribution in [2.45, 2.75) is 69.2 Å². The maximum Gasteiger partial charge on any atom is -0.0809 e. The van der Waals surface area contributed by atoms with Crippen molar-refractivity contribution in [2.75, 3.05) is 0 Å². The molecule has 0 amide bonds. The number of halogens is 2. The first-order valence-corrected chi connectivity index (χ1v) is 21.2. The van der Waals surface area contributed by atoms with Crippen LogP contribution in [0.4, 0.5) is 0 Å². The van der Waals surface area contributed by atoms with Crippen LogP contribution in [0.25, 0.3) is 21.5 Å². The average Bonchev–Trinajstić information content (AvgIpc) is 3.97. The molecule has 0 heterocycles. The summed E-state index contributed by atoms with van der Waals surface area (Å²) in [5, 5.41) is 5.32. The fourth-order valence-corrected chi connectivity index (χ4v) is 6.66. The van der Waals surface area contributed by atoms with E-state index in [0.717, 1.165) is 0 Å². The standard InChI is InChI=1S/2C9H7.2C9H13.2C8H8.2ClH.2Zr/c2*1-2-5-9-7-3-6-8(9)4-1;2*1-6-5-7(2)9(4)8(6)3;2*1-2-8-6-4-3-5-7-8;;;;/h2*1-7H;2*6H,1-4H3;2*3-7H,1H3;2*1H;;/q4*-1;;;;;2*+2/p-2. The summed E-state index contributed by atoms with van der Waals surface area (Å²) in [7, 11) is 0. The summed E-state index contributed by atoms with van der Waals surface area (Å²) in [6.07, 6.45) is 6.72. The fourth-order valence-electron chi connectivity index (χ4n) is 5.84. The van der Waals surface area contributed by atoms with E-state index in [0.29, 0.717) is 11.8 Å². The maximum absolute atomic E-state index is 3.36. The molecular formula is C52H56Cl2Zr2-2. The second-order valence-corrected chi connectivity index (χ2v) is 17.6. The van der Waals surface area contributed by atoms with Crippen molar-refractivity contribution in [3.63, 3.8) is 0 Å². The molecule has 0 saturated heterocycles. The van der Waals surface area contributed by atoms with Crippen molar-refractivity contribution in [1.82, 2.24) is 0 Å². The normalized spacial score (nSPS) is 15.0. The predicted octanol–water partition coefficient (Wildman–Crippen LogP) is 8.12. The molecule has 0 bridgehead atoms. The second-order valence-electron chi connectivity index (χ2n) is 13.9. The van der Waals surface area contributed by atoms with Crippen molar-refractivity contribution >= 4 is 28.0 Å². The first-order valence-electron chi connectivity index (χ1n) is 18.8. The van der Waals surface area contributed by atoms with Gasteiger partial charge in [-0.2, -0.15) is 57.3 Å². The van der Waals surface area contributed by atoms with Gasteiger partial charge >= 0.3 is 141 Å². The minimum atomic E-state index is 0. The summed E-state index contributed by atoms with van der Waals surface area (Å²) in [6, 6.07) is 50.3. The molecule has 0 radical (unpaired) electrons. The van der Waals surface area contributed by atoms with E-state index in [1.54, 1.807) is 0 Å². The molecule has 0 fully saturated rings. The third kappa shape index (κ3) is 16.9. The van der Waals surface area contributed by atoms with E-state index in [1.165, 1.54) is 121 Å². The topological polar surface area (TPSA) is 0 Å². The van der Waals surface area contributed by atoms with Gasteiger partial charge in [0.25, 0.3) is 0 Å². The Kier molecular flexibility index (Phi) is 24.6. The van der Waals surface area contributed by atoms with Gasteiger partial charge in [-0.15, -0.1) is 73.2 Å². The van der Waals surface area contributed by atoms with Gasteiger partial charge < -0.3 is 24.8 Å². The number of benzene rings is 4. The van der Waals surface area contributed by atoms with Gasteiger partial charge in [0.1, 0.15) is 0 Å².